The summed E-state index contributed by atoms with van der Waals surface area (Å²) in [6.45, 7) is 0.0705. The van der Waals surface area contributed by atoms with Gasteiger partial charge in [0, 0.05) is 18.2 Å². The third-order valence-electron chi connectivity index (χ3n) is 7.57. The quantitative estimate of drug-likeness (QED) is 0.251. The number of anilines is 1. The Morgan fingerprint density at radius 1 is 0.977 bits per heavy atom. The second-order valence-electron chi connectivity index (χ2n) is 10.6. The van der Waals surface area contributed by atoms with E-state index in [9.17, 15) is 35.6 Å². The molecule has 3 aromatic carbocycles. The molecule has 1 N–H and O–H groups in total. The Morgan fingerprint density at radius 3 is 2.25 bits per heavy atom. The third kappa shape index (κ3) is 7.89. The van der Waals surface area contributed by atoms with E-state index in [1.807, 2.05) is 0 Å². The lowest BCUT2D eigenvalue weighted by Crippen LogP contribution is -2.53. The largest absolute Gasteiger partial charge is 0.417 e. The lowest BCUT2D eigenvalue weighted by Gasteiger charge is -2.33. The Kier molecular flexibility index (Phi) is 10.6. The summed E-state index contributed by atoms with van der Waals surface area (Å²) in [6.07, 6.45) is -0.467. The Hall–Kier alpha value is -3.64. The Morgan fingerprint density at radius 2 is 1.61 bits per heavy atom. The minimum absolute atomic E-state index is 0.0708. The fraction of sp³-hybridized carbons (Fsp3) is 0.355. The maximum atomic E-state index is 14.7. The van der Waals surface area contributed by atoms with E-state index in [1.54, 1.807) is 12.1 Å². The highest BCUT2D eigenvalue weighted by atomic mass is 35.5. The predicted molar refractivity (Wildman–Crippen MR) is 159 cm³/mol. The number of nitrogens with zero attached hydrogens (tertiary/aromatic N) is 2. The van der Waals surface area contributed by atoms with E-state index >= 15 is 0 Å². The van der Waals surface area contributed by atoms with Gasteiger partial charge in [0.05, 0.1) is 21.2 Å². The highest BCUT2D eigenvalue weighted by Gasteiger charge is 2.37. The van der Waals surface area contributed by atoms with Crippen LogP contribution in [-0.2, 0) is 32.3 Å². The van der Waals surface area contributed by atoms with E-state index in [1.165, 1.54) is 49.4 Å². The molecule has 0 radical (unpaired) electrons. The van der Waals surface area contributed by atoms with Crippen molar-refractivity contribution in [1.82, 2.24) is 10.2 Å². The third-order valence-corrected chi connectivity index (χ3v) is 9.69. The minimum atomic E-state index is -4.91. The number of rotatable bonds is 10. The molecule has 0 unspecified atom stereocenters. The van der Waals surface area contributed by atoms with Gasteiger partial charge in [-0.3, -0.25) is 13.9 Å². The average molecular weight is 654 g/mol. The summed E-state index contributed by atoms with van der Waals surface area (Å²) in [4.78, 5) is 28.1. The number of amides is 2. The van der Waals surface area contributed by atoms with E-state index in [0.717, 1.165) is 49.1 Å². The molecular weight excluding hydrogens is 622 g/mol. The minimum Gasteiger partial charge on any atom is -0.352 e. The highest BCUT2D eigenvalue weighted by Crippen LogP contribution is 2.38. The molecule has 1 aliphatic rings. The molecule has 1 saturated carbocycles. The molecule has 236 valence electrons. The maximum absolute atomic E-state index is 14.7. The first kappa shape index (κ1) is 33.3. The zero-order valence-corrected chi connectivity index (χ0v) is 25.4. The van der Waals surface area contributed by atoms with Gasteiger partial charge >= 0.3 is 6.18 Å². The van der Waals surface area contributed by atoms with Gasteiger partial charge in [0.2, 0.25) is 11.8 Å². The van der Waals surface area contributed by atoms with Crippen LogP contribution in [-0.4, -0.2) is 43.8 Å². The van der Waals surface area contributed by atoms with E-state index in [4.69, 9.17) is 11.6 Å². The van der Waals surface area contributed by atoms with E-state index in [-0.39, 0.29) is 16.5 Å². The summed E-state index contributed by atoms with van der Waals surface area (Å²) < 4.78 is 84.2. The van der Waals surface area contributed by atoms with Crippen LogP contribution in [0.15, 0.2) is 77.7 Å². The molecule has 0 saturated heterocycles. The van der Waals surface area contributed by atoms with E-state index < -0.39 is 69.2 Å². The van der Waals surface area contributed by atoms with Crippen LogP contribution < -0.4 is 9.62 Å². The Bertz CT molecular complexity index is 1580. The van der Waals surface area contributed by atoms with Gasteiger partial charge in [0.1, 0.15) is 18.4 Å². The SMILES string of the molecule is C[C@@H](C(=O)NC1CCCCC1)N(Cc1ccccc1F)C(=O)CN(c1ccc(Cl)c(C(F)(F)F)c1)S(=O)(=O)c1ccccc1. The molecule has 3 aromatic rings. The number of sulfonamides is 1. The fourth-order valence-electron chi connectivity index (χ4n) is 5.10. The summed E-state index contributed by atoms with van der Waals surface area (Å²) in [6, 6.07) is 13.8. The summed E-state index contributed by atoms with van der Waals surface area (Å²) in [5.74, 6) is -2.08. The maximum Gasteiger partial charge on any atom is 0.417 e. The van der Waals surface area contributed by atoms with Crippen LogP contribution in [0, 0.1) is 5.82 Å². The highest BCUT2D eigenvalue weighted by molar-refractivity contribution is 7.92. The van der Waals surface area contributed by atoms with Gasteiger partial charge in [-0.15, -0.1) is 0 Å². The van der Waals surface area contributed by atoms with Gasteiger partial charge < -0.3 is 10.2 Å². The normalized spacial score (nSPS) is 15.0. The molecule has 44 heavy (non-hydrogen) atoms. The molecular formula is C31H32ClF4N3O4S. The zero-order chi connectivity index (χ0) is 32.1. The van der Waals surface area contributed by atoms with Crippen molar-refractivity contribution in [2.24, 2.45) is 0 Å². The molecule has 2 amide bonds. The summed E-state index contributed by atoms with van der Waals surface area (Å²) in [5.41, 5.74) is -1.69. The molecule has 0 bridgehead atoms. The average Bonchev–Trinajstić information content (AvgIpc) is 2.99. The van der Waals surface area contributed by atoms with Crippen LogP contribution in [0.4, 0.5) is 23.2 Å². The van der Waals surface area contributed by atoms with Crippen molar-refractivity contribution in [3.05, 3.63) is 94.8 Å². The second-order valence-corrected chi connectivity index (χ2v) is 12.9. The Labute approximate surface area is 258 Å². The molecule has 4 rings (SSSR count). The van der Waals surface area contributed by atoms with Crippen molar-refractivity contribution in [2.75, 3.05) is 10.8 Å². The first-order chi connectivity index (χ1) is 20.8. The zero-order valence-electron chi connectivity index (χ0n) is 23.9. The molecule has 1 fully saturated rings. The molecule has 7 nitrogen and oxygen atoms in total. The van der Waals surface area contributed by atoms with Gasteiger partial charge in [-0.25, -0.2) is 12.8 Å². The van der Waals surface area contributed by atoms with Gasteiger partial charge in [0.15, 0.2) is 0 Å². The van der Waals surface area contributed by atoms with Crippen molar-refractivity contribution in [3.8, 4) is 0 Å². The van der Waals surface area contributed by atoms with Crippen molar-refractivity contribution in [2.45, 2.75) is 68.7 Å². The molecule has 0 spiro atoms. The molecule has 0 heterocycles. The van der Waals surface area contributed by atoms with Crippen LogP contribution in [0.1, 0.15) is 50.2 Å². The molecule has 13 heteroatoms. The standard InChI is InChI=1S/C31H32ClF4N3O4S/c1-21(30(41)37-23-11-4-2-5-12-23)38(19-22-10-8-9-15-28(22)33)29(40)20-39(44(42,43)25-13-6-3-7-14-25)24-16-17-27(32)26(18-24)31(34,35)36/h3,6-10,13-18,21,23H,2,4-5,11-12,19-20H2,1H3,(H,37,41)/t21-/m0/s1. The van der Waals surface area contributed by atoms with Crippen LogP contribution in [0.25, 0.3) is 0 Å². The molecule has 1 aliphatic carbocycles. The molecule has 0 aromatic heterocycles. The number of halogens is 5. The van der Waals surface area contributed by atoms with Gasteiger partial charge in [-0.2, -0.15) is 13.2 Å². The molecule has 0 aliphatic heterocycles. The van der Waals surface area contributed by atoms with Crippen molar-refractivity contribution >= 4 is 39.1 Å². The number of benzene rings is 3. The van der Waals surface area contributed by atoms with Crippen LogP contribution in [0.2, 0.25) is 5.02 Å². The topological polar surface area (TPSA) is 86.8 Å². The van der Waals surface area contributed by atoms with E-state index in [2.05, 4.69) is 5.32 Å². The second kappa shape index (κ2) is 14.0. The first-order valence-corrected chi connectivity index (χ1v) is 15.9. The predicted octanol–water partition coefficient (Wildman–Crippen LogP) is 6.56. The van der Waals surface area contributed by atoms with Gasteiger partial charge in [-0.05, 0) is 56.2 Å². The van der Waals surface area contributed by atoms with Crippen molar-refractivity contribution < 1.29 is 35.6 Å². The summed E-state index contributed by atoms with van der Waals surface area (Å²) >= 11 is 5.79. The summed E-state index contributed by atoms with van der Waals surface area (Å²) in [5, 5.41) is 2.27. The number of hydrogen-bond donors (Lipinski definition) is 1. The number of carbonyl (C=O) groups is 2. The smallest absolute Gasteiger partial charge is 0.352 e. The fourth-order valence-corrected chi connectivity index (χ4v) is 6.75. The van der Waals surface area contributed by atoms with Gasteiger partial charge in [0.25, 0.3) is 10.0 Å². The van der Waals surface area contributed by atoms with Gasteiger partial charge in [-0.1, -0.05) is 67.3 Å². The Balaban J connectivity index is 1.74. The molecule has 1 atom stereocenters. The first-order valence-electron chi connectivity index (χ1n) is 14.1. The van der Waals surface area contributed by atoms with Crippen LogP contribution >= 0.6 is 11.6 Å². The number of alkyl halides is 3. The number of carbonyl (C=O) groups excluding carboxylic acids is 2. The van der Waals surface area contributed by atoms with Crippen molar-refractivity contribution in [3.63, 3.8) is 0 Å². The van der Waals surface area contributed by atoms with Crippen LogP contribution in [0.5, 0.6) is 0 Å². The van der Waals surface area contributed by atoms with E-state index in [0.29, 0.717) is 10.4 Å². The lowest BCUT2D eigenvalue weighted by molar-refractivity contribution is -0.139. The van der Waals surface area contributed by atoms with Crippen molar-refractivity contribution in [1.29, 1.82) is 0 Å². The van der Waals surface area contributed by atoms with Crippen LogP contribution in [0.3, 0.4) is 0 Å². The lowest BCUT2D eigenvalue weighted by atomic mass is 9.95. The number of nitrogens with one attached hydrogen (secondary N) is 1. The summed E-state index contributed by atoms with van der Waals surface area (Å²) in [7, 11) is -4.61. The monoisotopic (exact) mass is 653 g/mol. The number of hydrogen-bond acceptors (Lipinski definition) is 4.